The second-order valence-electron chi connectivity index (χ2n) is 24.5. The van der Waals surface area contributed by atoms with E-state index in [2.05, 4.69) is 41.5 Å². The Morgan fingerprint density at radius 3 is 0.810 bits per heavy atom. The molecule has 0 aromatic carbocycles. The van der Waals surface area contributed by atoms with Crippen LogP contribution < -0.4 is 0 Å². The highest BCUT2D eigenvalue weighted by atomic mass is 31.2. The molecule has 0 fully saturated rings. The molecular weight excluding hydrogens is 1110 g/mol. The quantitative estimate of drug-likeness (QED) is 0.0222. The van der Waals surface area contributed by atoms with Crippen LogP contribution >= 0.6 is 15.6 Å². The largest absolute Gasteiger partial charge is 0.472 e. The monoisotopic (exact) mass is 1240 g/mol. The highest BCUT2D eigenvalue weighted by Crippen LogP contribution is 2.45. The van der Waals surface area contributed by atoms with Crippen LogP contribution in [-0.2, 0) is 65.4 Å². The van der Waals surface area contributed by atoms with Crippen LogP contribution in [0.1, 0.15) is 324 Å². The molecule has 0 radical (unpaired) electrons. The number of aliphatic hydroxyl groups is 1. The summed E-state index contributed by atoms with van der Waals surface area (Å²) in [6.45, 7) is 9.43. The van der Waals surface area contributed by atoms with E-state index in [1.54, 1.807) is 0 Å². The van der Waals surface area contributed by atoms with Crippen LogP contribution in [0.4, 0.5) is 0 Å². The van der Waals surface area contributed by atoms with Crippen molar-refractivity contribution in [3.63, 3.8) is 0 Å². The molecule has 498 valence electrons. The maximum Gasteiger partial charge on any atom is 0.472 e. The van der Waals surface area contributed by atoms with Gasteiger partial charge in [0.05, 0.1) is 26.4 Å². The molecule has 84 heavy (non-hydrogen) atoms. The van der Waals surface area contributed by atoms with E-state index in [9.17, 15) is 43.2 Å². The Bertz CT molecular complexity index is 1650. The van der Waals surface area contributed by atoms with Gasteiger partial charge in [-0.1, -0.05) is 273 Å². The number of phosphoric acid groups is 2. The summed E-state index contributed by atoms with van der Waals surface area (Å²) in [5.74, 6) is -0.662. The molecule has 3 N–H and O–H groups in total. The van der Waals surface area contributed by atoms with Gasteiger partial charge < -0.3 is 33.8 Å². The number of ether oxygens (including phenoxy) is 4. The standard InChI is InChI=1S/C65H126O17P2/c1-7-9-11-13-15-17-23-29-35-41-47-62(67)75-53-60(81-64(69)49-43-37-30-24-18-16-14-12-10-8-2)55-79-83(71,72)77-51-59(66)52-78-84(73,74)80-56-61(54-76-63(68)48-42-36-32-26-28-34-40-46-58(5)6)82-65(70)50-44-38-31-25-21-19-20-22-27-33-39-45-57(3)4/h57-61,66H,7-56H2,1-6H3,(H,71,72)(H,73,74)/t59-,60+,61+/m0/s1. The zero-order valence-electron chi connectivity index (χ0n) is 54.2. The number of carbonyl (C=O) groups excluding carboxylic acids is 4. The van der Waals surface area contributed by atoms with Crippen LogP contribution in [0.25, 0.3) is 0 Å². The van der Waals surface area contributed by atoms with E-state index in [-0.39, 0.29) is 25.7 Å². The number of aliphatic hydroxyl groups excluding tert-OH is 1. The SMILES string of the molecule is CCCCCCCCCCCCC(=O)OC[C@H](COP(=O)(O)OC[C@H](O)COP(=O)(O)OC[C@@H](COC(=O)CCCCCCCCCC(C)C)OC(=O)CCCCCCCCCCCCCC(C)C)OC(=O)CCCCCCCCCCCC. The number of phosphoric ester groups is 2. The summed E-state index contributed by atoms with van der Waals surface area (Å²) in [4.78, 5) is 72.2. The van der Waals surface area contributed by atoms with Gasteiger partial charge in [-0.2, -0.15) is 0 Å². The van der Waals surface area contributed by atoms with Gasteiger partial charge in [0.2, 0.25) is 0 Å². The summed E-state index contributed by atoms with van der Waals surface area (Å²) in [7, 11) is -9.89. The van der Waals surface area contributed by atoms with Crippen LogP contribution in [0, 0.1) is 11.8 Å². The predicted molar refractivity (Wildman–Crippen MR) is 335 cm³/mol. The van der Waals surface area contributed by atoms with Gasteiger partial charge in [0, 0.05) is 25.7 Å². The van der Waals surface area contributed by atoms with E-state index in [0.29, 0.717) is 31.6 Å². The minimum Gasteiger partial charge on any atom is -0.462 e. The molecule has 2 unspecified atom stereocenters. The maximum atomic E-state index is 13.0. The molecule has 0 amide bonds. The van der Waals surface area contributed by atoms with Crippen molar-refractivity contribution in [1.29, 1.82) is 0 Å². The van der Waals surface area contributed by atoms with E-state index in [1.807, 2.05) is 0 Å². The lowest BCUT2D eigenvalue weighted by atomic mass is 10.0. The first kappa shape index (κ1) is 82.1. The van der Waals surface area contributed by atoms with Crippen molar-refractivity contribution < 1.29 is 80.2 Å². The number of rotatable bonds is 64. The molecule has 0 aliphatic rings. The third kappa shape index (κ3) is 59.0. The van der Waals surface area contributed by atoms with E-state index in [0.717, 1.165) is 102 Å². The highest BCUT2D eigenvalue weighted by molar-refractivity contribution is 7.47. The number of carbonyl (C=O) groups is 4. The van der Waals surface area contributed by atoms with Crippen molar-refractivity contribution >= 4 is 39.5 Å². The summed E-state index contributed by atoms with van der Waals surface area (Å²) in [5.41, 5.74) is 0. The Labute approximate surface area is 511 Å². The first-order chi connectivity index (χ1) is 40.4. The van der Waals surface area contributed by atoms with Gasteiger partial charge in [-0.25, -0.2) is 9.13 Å². The van der Waals surface area contributed by atoms with E-state index >= 15 is 0 Å². The van der Waals surface area contributed by atoms with Gasteiger partial charge in [-0.15, -0.1) is 0 Å². The Morgan fingerprint density at radius 1 is 0.321 bits per heavy atom. The Hall–Kier alpha value is -1.94. The second-order valence-corrected chi connectivity index (χ2v) is 27.4. The predicted octanol–water partition coefficient (Wildman–Crippen LogP) is 18.0. The van der Waals surface area contributed by atoms with Crippen molar-refractivity contribution in [3.05, 3.63) is 0 Å². The highest BCUT2D eigenvalue weighted by Gasteiger charge is 2.30. The van der Waals surface area contributed by atoms with Crippen molar-refractivity contribution in [2.24, 2.45) is 11.8 Å². The number of unbranched alkanes of at least 4 members (excludes halogenated alkanes) is 34. The number of esters is 4. The van der Waals surface area contributed by atoms with Crippen LogP contribution in [0.5, 0.6) is 0 Å². The zero-order valence-corrected chi connectivity index (χ0v) is 56.0. The first-order valence-electron chi connectivity index (χ1n) is 34.0. The molecule has 0 spiro atoms. The molecular formula is C65H126O17P2. The minimum absolute atomic E-state index is 0.106. The lowest BCUT2D eigenvalue weighted by Crippen LogP contribution is -2.30. The molecule has 0 aliphatic carbocycles. The Kier molecular flexibility index (Phi) is 56.2. The van der Waals surface area contributed by atoms with Gasteiger partial charge in [0.1, 0.15) is 19.3 Å². The van der Waals surface area contributed by atoms with Gasteiger partial charge in [0.25, 0.3) is 0 Å². The molecule has 0 aliphatic heterocycles. The summed E-state index contributed by atoms with van der Waals surface area (Å²) in [6.07, 6.45) is 40.3. The molecule has 0 bridgehead atoms. The van der Waals surface area contributed by atoms with E-state index in [1.165, 1.54) is 135 Å². The Morgan fingerprint density at radius 2 is 0.548 bits per heavy atom. The first-order valence-corrected chi connectivity index (χ1v) is 37.0. The molecule has 0 aromatic heterocycles. The third-order valence-corrected chi connectivity index (χ3v) is 16.9. The lowest BCUT2D eigenvalue weighted by Gasteiger charge is -2.21. The van der Waals surface area contributed by atoms with Gasteiger partial charge in [-0.05, 0) is 37.5 Å². The zero-order chi connectivity index (χ0) is 62.2. The van der Waals surface area contributed by atoms with E-state index in [4.69, 9.17) is 37.0 Å². The van der Waals surface area contributed by atoms with Crippen LogP contribution in [-0.4, -0.2) is 96.7 Å². The number of hydrogen-bond acceptors (Lipinski definition) is 15. The smallest absolute Gasteiger partial charge is 0.462 e. The van der Waals surface area contributed by atoms with Crippen molar-refractivity contribution in [1.82, 2.24) is 0 Å². The second kappa shape index (κ2) is 57.5. The third-order valence-electron chi connectivity index (χ3n) is 15.0. The fraction of sp³-hybridized carbons (Fsp3) is 0.938. The number of hydrogen-bond donors (Lipinski definition) is 3. The fourth-order valence-corrected chi connectivity index (χ4v) is 11.3. The van der Waals surface area contributed by atoms with E-state index < -0.39 is 97.5 Å². The summed E-state index contributed by atoms with van der Waals surface area (Å²) < 4.78 is 68.0. The summed E-state index contributed by atoms with van der Waals surface area (Å²) in [5, 5.41) is 10.5. The van der Waals surface area contributed by atoms with Crippen molar-refractivity contribution in [2.75, 3.05) is 39.6 Å². The average molecular weight is 1240 g/mol. The lowest BCUT2D eigenvalue weighted by molar-refractivity contribution is -0.161. The van der Waals surface area contributed by atoms with Crippen molar-refractivity contribution in [3.8, 4) is 0 Å². The fourth-order valence-electron chi connectivity index (χ4n) is 9.71. The molecule has 5 atom stereocenters. The molecule has 19 heteroatoms. The van der Waals surface area contributed by atoms with Crippen molar-refractivity contribution in [2.45, 2.75) is 342 Å². The molecule has 0 aromatic rings. The molecule has 0 saturated heterocycles. The Balaban J connectivity index is 5.23. The minimum atomic E-state index is -4.95. The molecule has 0 saturated carbocycles. The van der Waals surface area contributed by atoms with Crippen LogP contribution in [0.2, 0.25) is 0 Å². The summed E-state index contributed by atoms with van der Waals surface area (Å²) >= 11 is 0. The van der Waals surface area contributed by atoms with Crippen LogP contribution in [0.3, 0.4) is 0 Å². The average Bonchev–Trinajstić information content (AvgIpc) is 3.65. The normalized spacial score (nSPS) is 14.3. The molecule has 0 heterocycles. The van der Waals surface area contributed by atoms with Crippen LogP contribution in [0.15, 0.2) is 0 Å². The van der Waals surface area contributed by atoms with Gasteiger partial charge in [-0.3, -0.25) is 37.3 Å². The van der Waals surface area contributed by atoms with Gasteiger partial charge in [0.15, 0.2) is 12.2 Å². The summed E-state index contributed by atoms with van der Waals surface area (Å²) in [6, 6.07) is 0. The molecule has 17 nitrogen and oxygen atoms in total. The van der Waals surface area contributed by atoms with Gasteiger partial charge >= 0.3 is 39.5 Å². The molecule has 0 rings (SSSR count). The topological polar surface area (TPSA) is 237 Å². The maximum absolute atomic E-state index is 13.0.